The lowest BCUT2D eigenvalue weighted by atomic mass is 10.2. The number of methoxy groups -OCH3 is 1. The van der Waals surface area contributed by atoms with Gasteiger partial charge in [0.15, 0.2) is 0 Å². The lowest BCUT2D eigenvalue weighted by molar-refractivity contribution is 0.274. The van der Waals surface area contributed by atoms with Crippen LogP contribution in [0, 0.1) is 0 Å². The number of rotatable bonds is 3. The van der Waals surface area contributed by atoms with Crippen LogP contribution in [0.2, 0.25) is 0 Å². The summed E-state index contributed by atoms with van der Waals surface area (Å²) in [6.45, 7) is -0.0975. The first kappa shape index (κ1) is 9.38. The van der Waals surface area contributed by atoms with E-state index in [-0.39, 0.29) is 6.61 Å². The van der Waals surface area contributed by atoms with Gasteiger partial charge < -0.3 is 9.84 Å². The summed E-state index contributed by atoms with van der Waals surface area (Å²) >= 11 is 0. The van der Waals surface area contributed by atoms with Gasteiger partial charge in [-0.2, -0.15) is 0 Å². The molecular formula is C8H9N3O2. The molecule has 0 aliphatic carbocycles. The highest BCUT2D eigenvalue weighted by molar-refractivity contribution is 5.47. The van der Waals surface area contributed by atoms with E-state index in [1.807, 2.05) is 0 Å². The van der Waals surface area contributed by atoms with Crippen molar-refractivity contribution in [1.29, 1.82) is 0 Å². The number of benzene rings is 1. The smallest absolute Gasteiger partial charge is 0.124 e. The molecule has 1 aromatic rings. The predicted molar refractivity (Wildman–Crippen MR) is 47.7 cm³/mol. The molecule has 1 N–H and O–H groups in total. The second kappa shape index (κ2) is 4.35. The highest BCUT2D eigenvalue weighted by atomic mass is 16.5. The second-order valence-corrected chi connectivity index (χ2v) is 2.34. The molecule has 0 aliphatic heterocycles. The Labute approximate surface area is 75.2 Å². The maximum absolute atomic E-state index is 8.89. The molecule has 0 heterocycles. The van der Waals surface area contributed by atoms with Crippen LogP contribution in [0.15, 0.2) is 23.3 Å². The van der Waals surface area contributed by atoms with Gasteiger partial charge in [0.25, 0.3) is 0 Å². The van der Waals surface area contributed by atoms with E-state index in [0.717, 1.165) is 0 Å². The van der Waals surface area contributed by atoms with E-state index in [2.05, 4.69) is 10.0 Å². The number of aliphatic hydroxyl groups is 1. The van der Waals surface area contributed by atoms with Gasteiger partial charge in [0.2, 0.25) is 0 Å². The second-order valence-electron chi connectivity index (χ2n) is 2.34. The van der Waals surface area contributed by atoms with Gasteiger partial charge in [0.1, 0.15) is 5.75 Å². The van der Waals surface area contributed by atoms with Gasteiger partial charge in [-0.1, -0.05) is 17.2 Å². The zero-order valence-corrected chi connectivity index (χ0v) is 7.14. The highest BCUT2D eigenvalue weighted by Crippen LogP contribution is 2.24. The Hall–Kier alpha value is -1.71. The molecule has 5 nitrogen and oxygen atoms in total. The molecule has 5 heteroatoms. The number of hydrogen-bond donors (Lipinski definition) is 1. The van der Waals surface area contributed by atoms with E-state index < -0.39 is 0 Å². The summed E-state index contributed by atoms with van der Waals surface area (Å²) in [7, 11) is 1.49. The Kier molecular flexibility index (Phi) is 3.14. The van der Waals surface area contributed by atoms with Crippen molar-refractivity contribution in [3.05, 3.63) is 34.2 Å². The summed E-state index contributed by atoms with van der Waals surface area (Å²) in [6, 6.07) is 4.85. The summed E-state index contributed by atoms with van der Waals surface area (Å²) in [4.78, 5) is 2.64. The highest BCUT2D eigenvalue weighted by Gasteiger charge is 2.01. The number of ether oxygens (including phenoxy) is 1. The lowest BCUT2D eigenvalue weighted by Crippen LogP contribution is -1.90. The SMILES string of the molecule is COc1cc(N=[N+]=[N-])ccc1CO. The normalized spacial score (nSPS) is 9.08. The zero-order valence-electron chi connectivity index (χ0n) is 7.14. The number of hydrogen-bond acceptors (Lipinski definition) is 3. The molecule has 0 fully saturated rings. The minimum Gasteiger partial charge on any atom is -0.496 e. The van der Waals surface area contributed by atoms with Crippen molar-refractivity contribution < 1.29 is 9.84 Å². The molecular weight excluding hydrogens is 170 g/mol. The van der Waals surface area contributed by atoms with E-state index >= 15 is 0 Å². The van der Waals surface area contributed by atoms with Crippen LogP contribution in [-0.2, 0) is 6.61 Å². The third kappa shape index (κ3) is 2.11. The van der Waals surface area contributed by atoms with Crippen LogP contribution in [0.4, 0.5) is 5.69 Å². The van der Waals surface area contributed by atoms with Crippen molar-refractivity contribution in [2.75, 3.05) is 7.11 Å². The molecule has 0 unspecified atom stereocenters. The van der Waals surface area contributed by atoms with Crippen LogP contribution >= 0.6 is 0 Å². The van der Waals surface area contributed by atoms with Crippen molar-refractivity contribution in [2.24, 2.45) is 5.11 Å². The van der Waals surface area contributed by atoms with E-state index in [0.29, 0.717) is 17.0 Å². The van der Waals surface area contributed by atoms with E-state index in [9.17, 15) is 0 Å². The Bertz CT molecular complexity index is 345. The van der Waals surface area contributed by atoms with Crippen molar-refractivity contribution in [3.63, 3.8) is 0 Å². The van der Waals surface area contributed by atoms with Crippen LogP contribution in [0.25, 0.3) is 10.4 Å². The van der Waals surface area contributed by atoms with Gasteiger partial charge in [-0.05, 0) is 11.6 Å². The van der Waals surface area contributed by atoms with Crippen LogP contribution in [0.1, 0.15) is 5.56 Å². The molecule has 68 valence electrons. The number of aliphatic hydroxyl groups excluding tert-OH is 1. The summed E-state index contributed by atoms with van der Waals surface area (Å²) in [6.07, 6.45) is 0. The molecule has 0 atom stereocenters. The minimum absolute atomic E-state index is 0.0975. The molecule has 1 aromatic carbocycles. The fourth-order valence-corrected chi connectivity index (χ4v) is 0.978. The van der Waals surface area contributed by atoms with Crippen LogP contribution in [0.5, 0.6) is 5.75 Å². The standard InChI is InChI=1S/C8H9N3O2/c1-13-8-4-7(10-11-9)3-2-6(8)5-12/h2-4,12H,5H2,1H3. The zero-order chi connectivity index (χ0) is 9.68. The minimum atomic E-state index is -0.0975. The molecule has 0 spiro atoms. The monoisotopic (exact) mass is 179 g/mol. The molecule has 0 bridgehead atoms. The fourth-order valence-electron chi connectivity index (χ4n) is 0.978. The third-order valence-electron chi connectivity index (χ3n) is 1.60. The van der Waals surface area contributed by atoms with Gasteiger partial charge >= 0.3 is 0 Å². The molecule has 1 rings (SSSR count). The molecule has 0 aromatic heterocycles. The molecule has 0 amide bonds. The number of azide groups is 1. The van der Waals surface area contributed by atoms with Crippen molar-refractivity contribution >= 4 is 5.69 Å². The van der Waals surface area contributed by atoms with Crippen LogP contribution < -0.4 is 4.74 Å². The summed E-state index contributed by atoms with van der Waals surface area (Å²) in [5.74, 6) is 0.521. The average molecular weight is 179 g/mol. The first-order chi connectivity index (χ1) is 6.31. The van der Waals surface area contributed by atoms with E-state index in [1.54, 1.807) is 18.2 Å². The van der Waals surface area contributed by atoms with Crippen molar-refractivity contribution in [3.8, 4) is 5.75 Å². The van der Waals surface area contributed by atoms with E-state index in [4.69, 9.17) is 15.4 Å². The largest absolute Gasteiger partial charge is 0.496 e. The maximum Gasteiger partial charge on any atom is 0.124 e. The van der Waals surface area contributed by atoms with E-state index in [1.165, 1.54) is 7.11 Å². The lowest BCUT2D eigenvalue weighted by Gasteiger charge is -2.05. The van der Waals surface area contributed by atoms with Crippen molar-refractivity contribution in [1.82, 2.24) is 0 Å². The van der Waals surface area contributed by atoms with Gasteiger partial charge in [0.05, 0.1) is 13.7 Å². The predicted octanol–water partition coefficient (Wildman–Crippen LogP) is 2.13. The summed E-state index contributed by atoms with van der Waals surface area (Å²) < 4.78 is 4.98. The maximum atomic E-state index is 8.89. The third-order valence-corrected chi connectivity index (χ3v) is 1.60. The van der Waals surface area contributed by atoms with Crippen LogP contribution in [-0.4, -0.2) is 12.2 Å². The van der Waals surface area contributed by atoms with Gasteiger partial charge in [0, 0.05) is 16.2 Å². The van der Waals surface area contributed by atoms with Gasteiger partial charge in [-0.25, -0.2) is 0 Å². The molecule has 0 saturated carbocycles. The summed E-state index contributed by atoms with van der Waals surface area (Å²) in [5.41, 5.74) is 9.31. The Morgan fingerprint density at radius 1 is 1.62 bits per heavy atom. The molecule has 0 saturated heterocycles. The summed E-state index contributed by atoms with van der Waals surface area (Å²) in [5, 5.41) is 12.3. The van der Waals surface area contributed by atoms with Gasteiger partial charge in [-0.15, -0.1) is 0 Å². The molecule has 0 aliphatic rings. The van der Waals surface area contributed by atoms with Crippen molar-refractivity contribution in [2.45, 2.75) is 6.61 Å². The quantitative estimate of drug-likeness (QED) is 0.438. The fraction of sp³-hybridized carbons (Fsp3) is 0.250. The topological polar surface area (TPSA) is 78.2 Å². The molecule has 13 heavy (non-hydrogen) atoms. The number of nitrogens with zero attached hydrogens (tertiary/aromatic N) is 3. The average Bonchev–Trinajstić information content (AvgIpc) is 2.18. The Morgan fingerprint density at radius 3 is 2.92 bits per heavy atom. The Balaban J connectivity index is 3.12. The Morgan fingerprint density at radius 2 is 2.38 bits per heavy atom. The van der Waals surface area contributed by atoms with Gasteiger partial charge in [-0.3, -0.25) is 0 Å². The first-order valence-corrected chi connectivity index (χ1v) is 3.64. The van der Waals surface area contributed by atoms with Crippen LogP contribution in [0.3, 0.4) is 0 Å². The molecule has 0 radical (unpaired) electrons. The first-order valence-electron chi connectivity index (χ1n) is 3.64.